The highest BCUT2D eigenvalue weighted by atomic mass is 35.5. The molecule has 1 aromatic rings. The molecule has 0 saturated heterocycles. The number of unbranched alkanes of at least 4 members (excludes halogenated alkanes) is 2. The molecule has 1 aromatic carbocycles. The number of halogens is 1. The van der Waals surface area contributed by atoms with E-state index in [2.05, 4.69) is 5.32 Å². The lowest BCUT2D eigenvalue weighted by atomic mass is 10.2. The average Bonchev–Trinajstić information content (AvgIpc) is 2.41. The molecule has 98 valence electrons. The molecule has 1 rings (SSSR count). The Balaban J connectivity index is 2.10. The van der Waals surface area contributed by atoms with Crippen LogP contribution >= 0.6 is 11.6 Å². The van der Waals surface area contributed by atoms with Gasteiger partial charge in [-0.15, -0.1) is 11.6 Å². The second kappa shape index (κ2) is 9.54. The molecule has 4 heteroatoms. The van der Waals surface area contributed by atoms with Crippen LogP contribution in [0.25, 0.3) is 0 Å². The Morgan fingerprint density at radius 2 is 2.06 bits per heavy atom. The van der Waals surface area contributed by atoms with Crippen molar-refractivity contribution in [3.05, 3.63) is 48.2 Å². The fourth-order valence-electron chi connectivity index (χ4n) is 1.33. The summed E-state index contributed by atoms with van der Waals surface area (Å²) in [6, 6.07) is 9.57. The highest BCUT2D eigenvalue weighted by Gasteiger charge is 1.98. The van der Waals surface area contributed by atoms with Gasteiger partial charge in [0.1, 0.15) is 6.61 Å². The van der Waals surface area contributed by atoms with Gasteiger partial charge in [0.25, 0.3) is 0 Å². The second-order valence-corrected chi connectivity index (χ2v) is 4.17. The third-order valence-corrected chi connectivity index (χ3v) is 2.55. The first-order valence-corrected chi connectivity index (χ1v) is 6.54. The number of nitrogens with one attached hydrogen (secondary N) is 1. The number of amides is 1. The van der Waals surface area contributed by atoms with Crippen molar-refractivity contribution in [2.75, 3.05) is 5.88 Å². The molecule has 1 amide bonds. The van der Waals surface area contributed by atoms with E-state index in [0.29, 0.717) is 5.88 Å². The average molecular weight is 268 g/mol. The fourth-order valence-corrected chi connectivity index (χ4v) is 1.52. The second-order valence-electron chi connectivity index (χ2n) is 3.79. The van der Waals surface area contributed by atoms with Crippen molar-refractivity contribution < 1.29 is 9.53 Å². The summed E-state index contributed by atoms with van der Waals surface area (Å²) >= 11 is 5.55. The lowest BCUT2D eigenvalue weighted by molar-refractivity contribution is 0.143. The molecule has 0 aromatic heterocycles. The lowest BCUT2D eigenvalue weighted by Crippen LogP contribution is -2.18. The summed E-state index contributed by atoms with van der Waals surface area (Å²) in [4.78, 5) is 11.3. The van der Waals surface area contributed by atoms with E-state index >= 15 is 0 Å². The van der Waals surface area contributed by atoms with Crippen LogP contribution in [-0.2, 0) is 11.3 Å². The van der Waals surface area contributed by atoms with Gasteiger partial charge in [0.2, 0.25) is 0 Å². The minimum atomic E-state index is -0.438. The Labute approximate surface area is 113 Å². The van der Waals surface area contributed by atoms with E-state index in [1.807, 2.05) is 36.4 Å². The topological polar surface area (TPSA) is 38.3 Å². The summed E-state index contributed by atoms with van der Waals surface area (Å²) in [5.74, 6) is 0.681. The van der Waals surface area contributed by atoms with Crippen molar-refractivity contribution in [3.63, 3.8) is 0 Å². The van der Waals surface area contributed by atoms with Gasteiger partial charge in [-0.3, -0.25) is 5.32 Å². The van der Waals surface area contributed by atoms with Gasteiger partial charge in [0.15, 0.2) is 0 Å². The molecule has 0 radical (unpaired) electrons. The SMILES string of the molecule is O=C(N/C=C\CCCCCl)OCc1ccccc1. The molecule has 18 heavy (non-hydrogen) atoms. The molecule has 0 atom stereocenters. The standard InChI is InChI=1S/C14H18ClNO2/c15-10-6-1-2-7-11-16-14(17)18-12-13-8-4-3-5-9-13/h3-5,7-9,11H,1-2,6,10,12H2,(H,16,17)/b11-7-. The maximum Gasteiger partial charge on any atom is 0.411 e. The van der Waals surface area contributed by atoms with Gasteiger partial charge in [-0.2, -0.15) is 0 Å². The van der Waals surface area contributed by atoms with Crippen LogP contribution in [0.4, 0.5) is 4.79 Å². The van der Waals surface area contributed by atoms with Gasteiger partial charge >= 0.3 is 6.09 Å². The van der Waals surface area contributed by atoms with Crippen LogP contribution in [0.3, 0.4) is 0 Å². The van der Waals surface area contributed by atoms with Crippen LogP contribution in [-0.4, -0.2) is 12.0 Å². The van der Waals surface area contributed by atoms with Crippen LogP contribution in [0.1, 0.15) is 24.8 Å². The zero-order valence-electron chi connectivity index (χ0n) is 10.3. The Hall–Kier alpha value is -1.48. The van der Waals surface area contributed by atoms with Crippen LogP contribution in [0.5, 0.6) is 0 Å². The monoisotopic (exact) mass is 267 g/mol. The number of carbonyl (C=O) groups is 1. The Morgan fingerprint density at radius 1 is 1.28 bits per heavy atom. The maximum absolute atomic E-state index is 11.3. The fraction of sp³-hybridized carbons (Fsp3) is 0.357. The highest BCUT2D eigenvalue weighted by molar-refractivity contribution is 6.17. The first-order chi connectivity index (χ1) is 8.83. The van der Waals surface area contributed by atoms with Crippen molar-refractivity contribution in [3.8, 4) is 0 Å². The normalized spacial score (nSPS) is 10.5. The Kier molecular flexibility index (Phi) is 7.73. The molecule has 0 heterocycles. The molecular weight excluding hydrogens is 250 g/mol. The molecule has 0 aliphatic heterocycles. The summed E-state index contributed by atoms with van der Waals surface area (Å²) in [5.41, 5.74) is 0.971. The predicted molar refractivity (Wildman–Crippen MR) is 73.5 cm³/mol. The Bertz CT molecular complexity index is 365. The van der Waals surface area contributed by atoms with Crippen molar-refractivity contribution >= 4 is 17.7 Å². The van der Waals surface area contributed by atoms with Crippen molar-refractivity contribution in [1.29, 1.82) is 0 Å². The molecule has 1 N–H and O–H groups in total. The van der Waals surface area contributed by atoms with Crippen molar-refractivity contribution in [2.24, 2.45) is 0 Å². The van der Waals surface area contributed by atoms with Gasteiger partial charge in [-0.1, -0.05) is 36.4 Å². The number of benzene rings is 1. The number of carbonyl (C=O) groups excluding carboxylic acids is 1. The number of hydrogen-bond donors (Lipinski definition) is 1. The molecule has 0 fully saturated rings. The quantitative estimate of drug-likeness (QED) is 0.602. The van der Waals surface area contributed by atoms with Gasteiger partial charge in [-0.25, -0.2) is 4.79 Å². The van der Waals surface area contributed by atoms with E-state index in [0.717, 1.165) is 24.8 Å². The molecule has 0 bridgehead atoms. The smallest absolute Gasteiger partial charge is 0.411 e. The molecule has 0 saturated carbocycles. The van der Waals surface area contributed by atoms with E-state index in [1.165, 1.54) is 0 Å². The summed E-state index contributed by atoms with van der Waals surface area (Å²) in [6.07, 6.45) is 6.00. The number of alkyl carbamates (subject to hydrolysis) is 1. The van der Waals surface area contributed by atoms with E-state index in [9.17, 15) is 4.79 Å². The van der Waals surface area contributed by atoms with E-state index in [4.69, 9.17) is 16.3 Å². The molecule has 0 spiro atoms. The lowest BCUT2D eigenvalue weighted by Gasteiger charge is -2.03. The summed E-state index contributed by atoms with van der Waals surface area (Å²) in [7, 11) is 0. The van der Waals surface area contributed by atoms with Gasteiger partial charge < -0.3 is 4.74 Å². The first kappa shape index (κ1) is 14.6. The van der Waals surface area contributed by atoms with E-state index in [-0.39, 0.29) is 6.61 Å². The molecule has 3 nitrogen and oxygen atoms in total. The number of ether oxygens (including phenoxy) is 1. The van der Waals surface area contributed by atoms with Crippen LogP contribution in [0.15, 0.2) is 42.6 Å². The zero-order chi connectivity index (χ0) is 13.1. The number of alkyl halides is 1. The van der Waals surface area contributed by atoms with Crippen LogP contribution < -0.4 is 5.32 Å². The van der Waals surface area contributed by atoms with E-state index in [1.54, 1.807) is 6.20 Å². The third-order valence-electron chi connectivity index (χ3n) is 2.29. The van der Waals surface area contributed by atoms with Crippen molar-refractivity contribution in [2.45, 2.75) is 25.9 Å². The van der Waals surface area contributed by atoms with Crippen LogP contribution in [0.2, 0.25) is 0 Å². The van der Waals surface area contributed by atoms with Gasteiger partial charge in [-0.05, 0) is 24.8 Å². The zero-order valence-corrected chi connectivity index (χ0v) is 11.0. The molecule has 0 aliphatic rings. The minimum absolute atomic E-state index is 0.284. The molecular formula is C14H18ClNO2. The largest absolute Gasteiger partial charge is 0.444 e. The third kappa shape index (κ3) is 6.97. The van der Waals surface area contributed by atoms with Crippen molar-refractivity contribution in [1.82, 2.24) is 5.32 Å². The number of rotatable bonds is 7. The minimum Gasteiger partial charge on any atom is -0.444 e. The highest BCUT2D eigenvalue weighted by Crippen LogP contribution is 2.00. The summed E-state index contributed by atoms with van der Waals surface area (Å²) in [5, 5.41) is 2.56. The summed E-state index contributed by atoms with van der Waals surface area (Å²) in [6.45, 7) is 0.284. The number of allylic oxidation sites excluding steroid dienone is 1. The van der Waals surface area contributed by atoms with E-state index < -0.39 is 6.09 Å². The molecule has 0 aliphatic carbocycles. The predicted octanol–water partition coefficient (Wildman–Crippen LogP) is 3.84. The summed E-state index contributed by atoms with van der Waals surface area (Å²) < 4.78 is 5.03. The van der Waals surface area contributed by atoms with Crippen LogP contribution in [0, 0.1) is 0 Å². The Morgan fingerprint density at radius 3 is 2.78 bits per heavy atom. The maximum atomic E-state index is 11.3. The first-order valence-electron chi connectivity index (χ1n) is 6.01. The van der Waals surface area contributed by atoms with Gasteiger partial charge in [0.05, 0.1) is 0 Å². The molecule has 0 unspecified atom stereocenters. The van der Waals surface area contributed by atoms with Gasteiger partial charge in [0, 0.05) is 12.1 Å². The number of hydrogen-bond acceptors (Lipinski definition) is 2.